The molecule has 2 heteroatoms. The molecule has 0 saturated heterocycles. The van der Waals surface area contributed by atoms with Crippen molar-refractivity contribution in [1.82, 2.24) is 4.90 Å². The van der Waals surface area contributed by atoms with Crippen LogP contribution in [0.15, 0.2) is 24.3 Å². The Balaban J connectivity index is 1.80. The van der Waals surface area contributed by atoms with Crippen LogP contribution in [-0.4, -0.2) is 23.8 Å². The first-order valence-corrected chi connectivity index (χ1v) is 6.60. The molecule has 0 radical (unpaired) electrons. The van der Waals surface area contributed by atoms with Crippen LogP contribution in [0.2, 0.25) is 0 Å². The van der Waals surface area contributed by atoms with E-state index in [9.17, 15) is 4.79 Å². The Morgan fingerprint density at radius 2 is 2.06 bits per heavy atom. The van der Waals surface area contributed by atoms with Crippen LogP contribution >= 0.6 is 0 Å². The van der Waals surface area contributed by atoms with Crippen molar-refractivity contribution < 1.29 is 4.79 Å². The molecule has 17 heavy (non-hydrogen) atoms. The summed E-state index contributed by atoms with van der Waals surface area (Å²) in [5.41, 5.74) is 2.95. The molecule has 1 aromatic carbocycles. The lowest BCUT2D eigenvalue weighted by molar-refractivity contribution is -0.118. The maximum atomic E-state index is 11.2. The molecule has 1 heterocycles. The molecule has 1 aliphatic rings. The molecule has 0 aliphatic carbocycles. The van der Waals surface area contributed by atoms with Crippen molar-refractivity contribution in [3.8, 4) is 0 Å². The second-order valence-electron chi connectivity index (χ2n) is 4.79. The van der Waals surface area contributed by atoms with Crippen LogP contribution in [0.5, 0.6) is 0 Å². The molecule has 1 aromatic rings. The summed E-state index contributed by atoms with van der Waals surface area (Å²) >= 11 is 0. The summed E-state index contributed by atoms with van der Waals surface area (Å²) in [5.74, 6) is 0.391. The largest absolute Gasteiger partial charge is 0.300 e. The number of hydrogen-bond acceptors (Lipinski definition) is 2. The molecule has 0 spiro atoms. The highest BCUT2D eigenvalue weighted by molar-refractivity contribution is 5.77. The van der Waals surface area contributed by atoms with Crippen molar-refractivity contribution in [2.24, 2.45) is 0 Å². The van der Waals surface area contributed by atoms with Crippen molar-refractivity contribution in [1.29, 1.82) is 0 Å². The van der Waals surface area contributed by atoms with Crippen molar-refractivity contribution in [3.63, 3.8) is 0 Å². The van der Waals surface area contributed by atoms with Gasteiger partial charge in [0.1, 0.15) is 5.78 Å². The first-order chi connectivity index (χ1) is 8.29. The van der Waals surface area contributed by atoms with E-state index in [1.165, 1.54) is 11.1 Å². The van der Waals surface area contributed by atoms with Crippen LogP contribution in [0.3, 0.4) is 0 Å². The van der Waals surface area contributed by atoms with E-state index in [1.54, 1.807) is 0 Å². The van der Waals surface area contributed by atoms with Gasteiger partial charge in [0.2, 0.25) is 0 Å². The normalized spacial score (nSPS) is 15.6. The molecule has 0 unspecified atom stereocenters. The summed E-state index contributed by atoms with van der Waals surface area (Å²) < 4.78 is 0. The quantitative estimate of drug-likeness (QED) is 0.776. The maximum Gasteiger partial charge on any atom is 0.132 e. The number of carbonyl (C=O) groups is 1. The Labute approximate surface area is 104 Å². The second kappa shape index (κ2) is 5.97. The number of ketones is 1. The summed E-state index contributed by atoms with van der Waals surface area (Å²) in [6.45, 7) is 5.19. The van der Waals surface area contributed by atoms with Crippen molar-refractivity contribution >= 4 is 5.78 Å². The fourth-order valence-corrected chi connectivity index (χ4v) is 2.42. The van der Waals surface area contributed by atoms with Crippen LogP contribution < -0.4 is 0 Å². The molecule has 1 aliphatic heterocycles. The average molecular weight is 231 g/mol. The van der Waals surface area contributed by atoms with Gasteiger partial charge in [-0.3, -0.25) is 9.69 Å². The number of carbonyl (C=O) groups excluding carboxylic acids is 1. The minimum atomic E-state index is 0.391. The fraction of sp³-hybridized carbons (Fsp3) is 0.533. The molecular formula is C15H21NO. The third-order valence-corrected chi connectivity index (χ3v) is 3.53. The Morgan fingerprint density at radius 3 is 2.82 bits per heavy atom. The van der Waals surface area contributed by atoms with Gasteiger partial charge in [-0.05, 0) is 30.5 Å². The van der Waals surface area contributed by atoms with E-state index in [0.29, 0.717) is 12.2 Å². The predicted molar refractivity (Wildman–Crippen MR) is 70.0 cm³/mol. The zero-order valence-corrected chi connectivity index (χ0v) is 10.6. The van der Waals surface area contributed by atoms with Gasteiger partial charge in [-0.15, -0.1) is 0 Å². The van der Waals surface area contributed by atoms with Crippen LogP contribution in [0, 0.1) is 0 Å². The van der Waals surface area contributed by atoms with Gasteiger partial charge in [-0.25, -0.2) is 0 Å². The summed E-state index contributed by atoms with van der Waals surface area (Å²) in [5, 5.41) is 0. The van der Waals surface area contributed by atoms with Crippen LogP contribution in [0.4, 0.5) is 0 Å². The Hall–Kier alpha value is -1.15. The third-order valence-electron chi connectivity index (χ3n) is 3.53. The summed E-state index contributed by atoms with van der Waals surface area (Å²) in [6, 6.07) is 8.68. The lowest BCUT2D eigenvalue weighted by atomic mass is 10.00. The van der Waals surface area contributed by atoms with Gasteiger partial charge in [0.05, 0.1) is 0 Å². The van der Waals surface area contributed by atoms with E-state index in [0.717, 1.165) is 38.9 Å². The second-order valence-corrected chi connectivity index (χ2v) is 4.79. The summed E-state index contributed by atoms with van der Waals surface area (Å²) in [6.07, 6.45) is 3.59. The van der Waals surface area contributed by atoms with E-state index < -0.39 is 0 Å². The zero-order chi connectivity index (χ0) is 12.1. The fourth-order valence-electron chi connectivity index (χ4n) is 2.42. The Morgan fingerprint density at radius 1 is 1.29 bits per heavy atom. The number of benzene rings is 1. The molecule has 0 fully saturated rings. The number of nitrogens with zero attached hydrogens (tertiary/aromatic N) is 1. The molecule has 2 rings (SSSR count). The van der Waals surface area contributed by atoms with E-state index in [1.807, 2.05) is 6.92 Å². The van der Waals surface area contributed by atoms with Crippen molar-refractivity contribution in [3.05, 3.63) is 35.4 Å². The molecule has 0 N–H and O–H groups in total. The van der Waals surface area contributed by atoms with Gasteiger partial charge in [0.15, 0.2) is 0 Å². The monoisotopic (exact) mass is 231 g/mol. The predicted octanol–water partition coefficient (Wildman–Crippen LogP) is 2.80. The van der Waals surface area contributed by atoms with Crippen LogP contribution in [0.1, 0.15) is 37.3 Å². The van der Waals surface area contributed by atoms with Gasteiger partial charge in [0.25, 0.3) is 0 Å². The highest BCUT2D eigenvalue weighted by Crippen LogP contribution is 2.18. The van der Waals surface area contributed by atoms with Crippen molar-refractivity contribution in [2.75, 3.05) is 13.1 Å². The minimum absolute atomic E-state index is 0.391. The zero-order valence-electron chi connectivity index (χ0n) is 10.6. The van der Waals surface area contributed by atoms with E-state index in [4.69, 9.17) is 0 Å². The highest BCUT2D eigenvalue weighted by Gasteiger charge is 2.15. The number of Topliss-reactive ketones (excluding diaryl/α,β-unsaturated/α-hetero) is 1. The third kappa shape index (κ3) is 3.40. The first kappa shape index (κ1) is 12.3. The average Bonchev–Trinajstić information content (AvgIpc) is 2.38. The molecule has 0 aromatic heterocycles. The lowest BCUT2D eigenvalue weighted by Crippen LogP contribution is -2.31. The Bertz CT molecular complexity index is 386. The summed E-state index contributed by atoms with van der Waals surface area (Å²) in [4.78, 5) is 13.7. The number of rotatable bonds is 5. The highest BCUT2D eigenvalue weighted by atomic mass is 16.1. The van der Waals surface area contributed by atoms with Crippen LogP contribution in [-0.2, 0) is 17.8 Å². The molecule has 2 nitrogen and oxygen atoms in total. The molecule has 0 saturated carbocycles. The van der Waals surface area contributed by atoms with E-state index >= 15 is 0 Å². The standard InChI is InChI=1S/C15H21NO/c1-2-15(17)8-5-10-16-11-9-13-6-3-4-7-14(13)12-16/h3-4,6-7H,2,5,8-12H2,1H3. The van der Waals surface area contributed by atoms with Gasteiger partial charge in [0, 0.05) is 25.9 Å². The van der Waals surface area contributed by atoms with E-state index in [2.05, 4.69) is 29.2 Å². The topological polar surface area (TPSA) is 20.3 Å². The SMILES string of the molecule is CCC(=O)CCCN1CCc2ccccc2C1. The molecular weight excluding hydrogens is 210 g/mol. The van der Waals surface area contributed by atoms with Crippen molar-refractivity contribution in [2.45, 2.75) is 39.2 Å². The van der Waals surface area contributed by atoms with E-state index in [-0.39, 0.29) is 0 Å². The Kier molecular flexibility index (Phi) is 4.32. The van der Waals surface area contributed by atoms with Gasteiger partial charge in [-0.2, -0.15) is 0 Å². The first-order valence-electron chi connectivity index (χ1n) is 6.60. The van der Waals surface area contributed by atoms with Gasteiger partial charge in [-0.1, -0.05) is 31.2 Å². The van der Waals surface area contributed by atoms with Crippen LogP contribution in [0.25, 0.3) is 0 Å². The molecule has 92 valence electrons. The number of fused-ring (bicyclic) bond motifs is 1. The molecule has 0 amide bonds. The van der Waals surface area contributed by atoms with Gasteiger partial charge >= 0.3 is 0 Å². The summed E-state index contributed by atoms with van der Waals surface area (Å²) in [7, 11) is 0. The minimum Gasteiger partial charge on any atom is -0.300 e. The lowest BCUT2D eigenvalue weighted by Gasteiger charge is -2.28. The molecule has 0 atom stereocenters. The van der Waals surface area contributed by atoms with Gasteiger partial charge < -0.3 is 0 Å². The molecule has 0 bridgehead atoms. The number of hydrogen-bond donors (Lipinski definition) is 0. The smallest absolute Gasteiger partial charge is 0.132 e. The maximum absolute atomic E-state index is 11.2.